The average molecular weight is 213 g/mol. The van der Waals surface area contributed by atoms with Gasteiger partial charge in [0.05, 0.1) is 0 Å². The van der Waals surface area contributed by atoms with Gasteiger partial charge in [-0.15, -0.1) is 0 Å². The molecule has 1 aliphatic rings. The summed E-state index contributed by atoms with van der Waals surface area (Å²) >= 11 is 5.79. The normalized spacial score (nSPS) is 19.2. The third-order valence-corrected chi connectivity index (χ3v) is 2.45. The number of aromatic nitrogens is 2. The Morgan fingerprint density at radius 3 is 2.57 bits per heavy atom. The largest absolute Gasteiger partial charge is 0.368 e. The molecule has 0 radical (unpaired) electrons. The van der Waals surface area contributed by atoms with Crippen LogP contribution in [0.1, 0.15) is 13.8 Å². The summed E-state index contributed by atoms with van der Waals surface area (Å²) in [5.74, 6) is 1.05. The van der Waals surface area contributed by atoms with Crippen LogP contribution < -0.4 is 10.6 Å². The highest BCUT2D eigenvalue weighted by Crippen LogP contribution is 2.33. The van der Waals surface area contributed by atoms with Gasteiger partial charge in [-0.3, -0.25) is 0 Å². The minimum atomic E-state index is 0.234. The molecule has 0 unspecified atom stereocenters. The maximum absolute atomic E-state index is 5.79. The topological polar surface area (TPSA) is 55.0 Å². The van der Waals surface area contributed by atoms with Crippen LogP contribution in [0.25, 0.3) is 0 Å². The third-order valence-electron chi connectivity index (χ3n) is 2.26. The van der Waals surface area contributed by atoms with Crippen molar-refractivity contribution in [1.29, 1.82) is 0 Å². The number of hydrogen-bond acceptors (Lipinski definition) is 4. The molecule has 2 N–H and O–H groups in total. The second kappa shape index (κ2) is 2.98. The van der Waals surface area contributed by atoms with Crippen molar-refractivity contribution in [1.82, 2.24) is 9.97 Å². The summed E-state index contributed by atoms with van der Waals surface area (Å²) in [5.41, 5.74) is 5.88. The van der Waals surface area contributed by atoms with Crippen molar-refractivity contribution in [2.75, 3.05) is 23.7 Å². The standard InChI is InChI=1S/C9H13ClN4/c1-9(2)4-14(5-9)7-3-6(10)12-8(11)13-7/h3H,4-5H2,1-2H3,(H2,11,12,13). The molecule has 2 rings (SSSR count). The molecule has 1 aromatic heterocycles. The first-order valence-corrected chi connectivity index (χ1v) is 4.89. The summed E-state index contributed by atoms with van der Waals surface area (Å²) in [6, 6.07) is 1.74. The fourth-order valence-electron chi connectivity index (χ4n) is 1.73. The van der Waals surface area contributed by atoms with Crippen LogP contribution in [0.5, 0.6) is 0 Å². The van der Waals surface area contributed by atoms with Crippen LogP contribution in [0.4, 0.5) is 11.8 Å². The second-order valence-electron chi connectivity index (χ2n) is 4.43. The Morgan fingerprint density at radius 1 is 1.43 bits per heavy atom. The number of nitrogens with zero attached hydrogens (tertiary/aromatic N) is 3. The predicted octanol–water partition coefficient (Wildman–Crippen LogP) is 1.56. The van der Waals surface area contributed by atoms with E-state index in [0.29, 0.717) is 10.6 Å². The molecule has 0 aliphatic carbocycles. The van der Waals surface area contributed by atoms with Gasteiger partial charge in [-0.05, 0) is 5.41 Å². The van der Waals surface area contributed by atoms with Crippen molar-refractivity contribution in [3.8, 4) is 0 Å². The van der Waals surface area contributed by atoms with Gasteiger partial charge in [0.25, 0.3) is 0 Å². The van der Waals surface area contributed by atoms with Crippen molar-refractivity contribution in [2.45, 2.75) is 13.8 Å². The number of nitrogen functional groups attached to an aromatic ring is 1. The number of hydrogen-bond donors (Lipinski definition) is 1. The van der Waals surface area contributed by atoms with Crippen molar-refractivity contribution in [3.63, 3.8) is 0 Å². The molecule has 1 aromatic rings. The minimum Gasteiger partial charge on any atom is -0.368 e. The highest BCUT2D eigenvalue weighted by molar-refractivity contribution is 6.29. The molecule has 0 bridgehead atoms. The van der Waals surface area contributed by atoms with Crippen molar-refractivity contribution < 1.29 is 0 Å². The van der Waals surface area contributed by atoms with Crippen LogP contribution in [-0.4, -0.2) is 23.1 Å². The lowest BCUT2D eigenvalue weighted by Crippen LogP contribution is -2.53. The summed E-state index contributed by atoms with van der Waals surface area (Å²) in [7, 11) is 0. The van der Waals surface area contributed by atoms with E-state index in [1.54, 1.807) is 6.07 Å². The van der Waals surface area contributed by atoms with Crippen molar-refractivity contribution in [2.24, 2.45) is 5.41 Å². The van der Waals surface area contributed by atoms with E-state index in [2.05, 4.69) is 28.7 Å². The number of nitrogens with two attached hydrogens (primary N) is 1. The maximum atomic E-state index is 5.79. The highest BCUT2D eigenvalue weighted by atomic mass is 35.5. The van der Waals surface area contributed by atoms with E-state index in [0.717, 1.165) is 18.9 Å². The molecule has 2 heterocycles. The minimum absolute atomic E-state index is 0.234. The molecule has 1 aliphatic heterocycles. The van der Waals surface area contributed by atoms with E-state index in [1.165, 1.54) is 0 Å². The van der Waals surface area contributed by atoms with Crippen molar-refractivity contribution >= 4 is 23.4 Å². The molecule has 0 spiro atoms. The Hall–Kier alpha value is -1.03. The first kappa shape index (κ1) is 9.52. The van der Waals surface area contributed by atoms with E-state index < -0.39 is 0 Å². The Labute approximate surface area is 88.1 Å². The summed E-state index contributed by atoms with van der Waals surface area (Å²) in [4.78, 5) is 10.1. The van der Waals surface area contributed by atoms with Gasteiger partial charge in [0.2, 0.25) is 5.95 Å². The van der Waals surface area contributed by atoms with Gasteiger partial charge >= 0.3 is 0 Å². The van der Waals surface area contributed by atoms with Gasteiger partial charge in [0, 0.05) is 19.2 Å². The molecule has 4 nitrogen and oxygen atoms in total. The molecule has 0 amide bonds. The fraction of sp³-hybridized carbons (Fsp3) is 0.556. The smallest absolute Gasteiger partial charge is 0.223 e. The Balaban J connectivity index is 2.18. The SMILES string of the molecule is CC1(C)CN(c2cc(Cl)nc(N)n2)C1. The molecule has 5 heteroatoms. The van der Waals surface area contributed by atoms with Gasteiger partial charge < -0.3 is 10.6 Å². The molecule has 0 atom stereocenters. The van der Waals surface area contributed by atoms with Gasteiger partial charge in [0.1, 0.15) is 11.0 Å². The lowest BCUT2D eigenvalue weighted by molar-refractivity contribution is 0.274. The van der Waals surface area contributed by atoms with E-state index >= 15 is 0 Å². The fourth-order valence-corrected chi connectivity index (χ4v) is 1.92. The monoisotopic (exact) mass is 212 g/mol. The van der Waals surface area contributed by atoms with Gasteiger partial charge in [-0.1, -0.05) is 25.4 Å². The van der Waals surface area contributed by atoms with Crippen LogP contribution in [0.15, 0.2) is 6.07 Å². The number of rotatable bonds is 1. The quantitative estimate of drug-likeness (QED) is 0.718. The average Bonchev–Trinajstić information content (AvgIpc) is 1.97. The van der Waals surface area contributed by atoms with Gasteiger partial charge in [-0.25, -0.2) is 4.98 Å². The Kier molecular flexibility index (Phi) is 2.03. The number of halogens is 1. The Morgan fingerprint density at radius 2 is 2.07 bits per heavy atom. The number of anilines is 2. The summed E-state index contributed by atoms with van der Waals surface area (Å²) in [6.45, 7) is 6.41. The Bertz CT molecular complexity index is 336. The van der Waals surface area contributed by atoms with E-state index in [-0.39, 0.29) is 5.95 Å². The zero-order valence-electron chi connectivity index (χ0n) is 8.29. The van der Waals surface area contributed by atoms with Crippen LogP contribution in [-0.2, 0) is 0 Å². The van der Waals surface area contributed by atoms with E-state index in [1.807, 2.05) is 0 Å². The molecule has 0 aromatic carbocycles. The summed E-state index contributed by atoms with van der Waals surface area (Å²) in [6.07, 6.45) is 0. The van der Waals surface area contributed by atoms with Crippen molar-refractivity contribution in [3.05, 3.63) is 11.2 Å². The zero-order valence-corrected chi connectivity index (χ0v) is 9.04. The lowest BCUT2D eigenvalue weighted by Gasteiger charge is -2.46. The first-order chi connectivity index (χ1) is 6.46. The third kappa shape index (κ3) is 1.75. The van der Waals surface area contributed by atoms with E-state index in [4.69, 9.17) is 17.3 Å². The zero-order chi connectivity index (χ0) is 10.3. The molecule has 76 valence electrons. The summed E-state index contributed by atoms with van der Waals surface area (Å²) in [5, 5.41) is 0.400. The van der Waals surface area contributed by atoms with Crippen LogP contribution in [0.2, 0.25) is 5.15 Å². The highest BCUT2D eigenvalue weighted by Gasteiger charge is 2.35. The molecular weight excluding hydrogens is 200 g/mol. The molecule has 14 heavy (non-hydrogen) atoms. The van der Waals surface area contributed by atoms with Crippen LogP contribution >= 0.6 is 11.6 Å². The molecule has 0 saturated carbocycles. The molecule has 1 fully saturated rings. The predicted molar refractivity (Wildman–Crippen MR) is 57.4 cm³/mol. The lowest BCUT2D eigenvalue weighted by atomic mass is 9.84. The van der Waals surface area contributed by atoms with Crippen LogP contribution in [0, 0.1) is 5.41 Å². The summed E-state index contributed by atoms with van der Waals surface area (Å²) < 4.78 is 0. The van der Waals surface area contributed by atoms with Gasteiger partial charge in [-0.2, -0.15) is 4.98 Å². The molecule has 1 saturated heterocycles. The maximum Gasteiger partial charge on any atom is 0.223 e. The second-order valence-corrected chi connectivity index (χ2v) is 4.81. The first-order valence-electron chi connectivity index (χ1n) is 4.51. The van der Waals surface area contributed by atoms with E-state index in [9.17, 15) is 0 Å². The van der Waals surface area contributed by atoms with Crippen LogP contribution in [0.3, 0.4) is 0 Å². The molecular formula is C9H13ClN4. The van der Waals surface area contributed by atoms with Gasteiger partial charge in [0.15, 0.2) is 0 Å².